The Morgan fingerprint density at radius 1 is 1.00 bits per heavy atom. The summed E-state index contributed by atoms with van der Waals surface area (Å²) >= 11 is 0. The Kier molecular flexibility index (Phi) is 7.53. The number of ketones is 1. The number of Topliss-reactive ketones (excluding diaryl/α,β-unsaturated/α-hetero) is 1. The molecule has 1 unspecified atom stereocenters. The van der Waals surface area contributed by atoms with Crippen LogP contribution in [0, 0.1) is 0 Å². The third kappa shape index (κ3) is 6.27. The molecule has 0 amide bonds. The van der Waals surface area contributed by atoms with Crippen LogP contribution in [0.3, 0.4) is 0 Å². The van der Waals surface area contributed by atoms with Gasteiger partial charge in [0.15, 0.2) is 5.78 Å². The van der Waals surface area contributed by atoms with Crippen molar-refractivity contribution in [2.75, 3.05) is 6.16 Å². The molecule has 21 heavy (non-hydrogen) atoms. The zero-order chi connectivity index (χ0) is 14.4. The third-order valence-electron chi connectivity index (χ3n) is 2.71. The molecule has 106 valence electrons. The predicted molar refractivity (Wildman–Crippen MR) is 83.8 cm³/mol. The fourth-order valence-corrected chi connectivity index (χ4v) is 2.68. The quantitative estimate of drug-likeness (QED) is 0.506. The Bertz CT molecular complexity index is 616. The Labute approximate surface area is 146 Å². The van der Waals surface area contributed by atoms with Crippen LogP contribution < -0.4 is 0 Å². The molecule has 0 aliphatic carbocycles. The molecule has 0 bridgehead atoms. The maximum atomic E-state index is 11.9. The molecule has 0 radical (unpaired) electrons. The number of hydrogen-bond acceptors (Lipinski definition) is 3. The van der Waals surface area contributed by atoms with Crippen molar-refractivity contribution in [3.63, 3.8) is 0 Å². The van der Waals surface area contributed by atoms with Gasteiger partial charge in [0.05, 0.1) is 6.61 Å². The second kappa shape index (κ2) is 8.64. The zero-order valence-electron chi connectivity index (χ0n) is 10.8. The Balaban J connectivity index is 0.00000220. The molecule has 6 heteroatoms. The van der Waals surface area contributed by atoms with Gasteiger partial charge in [0.2, 0.25) is 0 Å². The van der Waals surface area contributed by atoms with Crippen LogP contribution in [0.5, 0.6) is 0 Å². The number of carbonyl (C=O) groups is 1. The summed E-state index contributed by atoms with van der Waals surface area (Å²) in [4.78, 5) is 21.6. The van der Waals surface area contributed by atoms with E-state index in [0.717, 1.165) is 5.56 Å². The van der Waals surface area contributed by atoms with Crippen molar-refractivity contribution < 1.29 is 18.8 Å². The van der Waals surface area contributed by atoms with Gasteiger partial charge in [-0.25, -0.2) is 0 Å². The summed E-state index contributed by atoms with van der Waals surface area (Å²) < 4.78 is 16.9. The SMILES string of the molecule is O=C(CP(=O)(O)OCc1ccccc1)c1ccccc1.[NaH]. The Morgan fingerprint density at radius 3 is 2.10 bits per heavy atom. The van der Waals surface area contributed by atoms with E-state index < -0.39 is 19.5 Å². The van der Waals surface area contributed by atoms with E-state index in [-0.39, 0.29) is 36.2 Å². The zero-order valence-corrected chi connectivity index (χ0v) is 11.7. The van der Waals surface area contributed by atoms with E-state index in [1.807, 2.05) is 18.2 Å². The molecule has 2 aromatic rings. The van der Waals surface area contributed by atoms with E-state index in [1.54, 1.807) is 42.5 Å². The first-order chi connectivity index (χ1) is 9.57. The van der Waals surface area contributed by atoms with Crippen molar-refractivity contribution in [2.45, 2.75) is 6.61 Å². The van der Waals surface area contributed by atoms with Crippen LogP contribution in [0.2, 0.25) is 0 Å². The standard InChI is InChI=1S/C15H15O4P.Na.H/c16-15(14-9-5-2-6-10-14)12-20(17,18)19-11-13-7-3-1-4-8-13;;/h1-10H,11-12H2,(H,17,18);;. The van der Waals surface area contributed by atoms with Gasteiger partial charge in [-0.3, -0.25) is 9.36 Å². The van der Waals surface area contributed by atoms with Gasteiger partial charge >= 0.3 is 37.2 Å². The summed E-state index contributed by atoms with van der Waals surface area (Å²) in [6.45, 7) is 0.0106. The molecule has 0 fully saturated rings. The minimum atomic E-state index is -3.93. The monoisotopic (exact) mass is 314 g/mol. The van der Waals surface area contributed by atoms with Crippen molar-refractivity contribution in [2.24, 2.45) is 0 Å². The van der Waals surface area contributed by atoms with Gasteiger partial charge in [-0.2, -0.15) is 0 Å². The van der Waals surface area contributed by atoms with Crippen molar-refractivity contribution in [1.29, 1.82) is 0 Å². The van der Waals surface area contributed by atoms with E-state index in [2.05, 4.69) is 0 Å². The summed E-state index contributed by atoms with van der Waals surface area (Å²) in [6.07, 6.45) is -0.510. The molecule has 0 aromatic heterocycles. The molecule has 4 nitrogen and oxygen atoms in total. The summed E-state index contributed by atoms with van der Waals surface area (Å²) in [6, 6.07) is 17.5. The third-order valence-corrected chi connectivity index (χ3v) is 3.93. The molecule has 0 spiro atoms. The van der Waals surface area contributed by atoms with Gasteiger partial charge < -0.3 is 9.42 Å². The first-order valence-corrected chi connectivity index (χ1v) is 7.92. The van der Waals surface area contributed by atoms with Crippen molar-refractivity contribution >= 4 is 42.9 Å². The van der Waals surface area contributed by atoms with Crippen LogP contribution in [-0.4, -0.2) is 46.4 Å². The van der Waals surface area contributed by atoms with Crippen LogP contribution in [0.1, 0.15) is 15.9 Å². The van der Waals surface area contributed by atoms with Gasteiger partial charge in [0.1, 0.15) is 6.16 Å². The van der Waals surface area contributed by atoms with E-state index in [9.17, 15) is 14.3 Å². The Morgan fingerprint density at radius 2 is 1.52 bits per heavy atom. The fourth-order valence-electron chi connectivity index (χ4n) is 1.69. The summed E-state index contributed by atoms with van der Waals surface area (Å²) in [5.74, 6) is -0.399. The average molecular weight is 314 g/mol. The number of rotatable bonds is 6. The summed E-state index contributed by atoms with van der Waals surface area (Å²) in [5, 5.41) is 0. The van der Waals surface area contributed by atoms with Crippen molar-refractivity contribution in [3.8, 4) is 0 Å². The molecule has 1 atom stereocenters. The summed E-state index contributed by atoms with van der Waals surface area (Å²) in [5.41, 5.74) is 1.19. The van der Waals surface area contributed by atoms with Crippen LogP contribution in [-0.2, 0) is 15.7 Å². The van der Waals surface area contributed by atoms with E-state index in [1.165, 1.54) is 0 Å². The molecule has 2 aromatic carbocycles. The number of hydrogen-bond donors (Lipinski definition) is 1. The van der Waals surface area contributed by atoms with Gasteiger partial charge in [-0.05, 0) is 5.56 Å². The number of benzene rings is 2. The Hall–Kier alpha value is -0.740. The molecule has 0 saturated heterocycles. The minimum absolute atomic E-state index is 0. The molecule has 0 aliphatic heterocycles. The molecule has 0 heterocycles. The van der Waals surface area contributed by atoms with Crippen LogP contribution in [0.25, 0.3) is 0 Å². The first kappa shape index (κ1) is 18.3. The first-order valence-electron chi connectivity index (χ1n) is 6.15. The molecular weight excluding hydrogens is 298 g/mol. The van der Waals surface area contributed by atoms with Crippen molar-refractivity contribution in [3.05, 3.63) is 71.8 Å². The predicted octanol–water partition coefficient (Wildman–Crippen LogP) is 2.62. The molecule has 1 N–H and O–H groups in total. The molecule has 0 saturated carbocycles. The van der Waals surface area contributed by atoms with Crippen LogP contribution >= 0.6 is 7.60 Å². The molecular formula is C15H16NaO4P. The van der Waals surface area contributed by atoms with E-state index in [0.29, 0.717) is 5.56 Å². The maximum absolute atomic E-state index is 11.9. The topological polar surface area (TPSA) is 63.6 Å². The van der Waals surface area contributed by atoms with Crippen LogP contribution in [0.4, 0.5) is 0 Å². The normalized spacial score (nSPS) is 13.0. The van der Waals surface area contributed by atoms with Gasteiger partial charge in [0, 0.05) is 5.56 Å². The second-order valence-electron chi connectivity index (χ2n) is 4.34. The van der Waals surface area contributed by atoms with Gasteiger partial charge in [-0.1, -0.05) is 60.7 Å². The van der Waals surface area contributed by atoms with Crippen molar-refractivity contribution in [1.82, 2.24) is 0 Å². The van der Waals surface area contributed by atoms with E-state index >= 15 is 0 Å². The number of carbonyl (C=O) groups excluding carboxylic acids is 1. The van der Waals surface area contributed by atoms with E-state index in [4.69, 9.17) is 4.52 Å². The summed E-state index contributed by atoms with van der Waals surface area (Å²) in [7, 11) is -3.93. The van der Waals surface area contributed by atoms with Gasteiger partial charge in [0.25, 0.3) is 0 Å². The average Bonchev–Trinajstić information content (AvgIpc) is 2.47. The fraction of sp³-hybridized carbons (Fsp3) is 0.133. The van der Waals surface area contributed by atoms with Crippen LogP contribution in [0.15, 0.2) is 60.7 Å². The van der Waals surface area contributed by atoms with Gasteiger partial charge in [-0.15, -0.1) is 0 Å². The molecule has 2 rings (SSSR count). The molecule has 0 aliphatic rings. The second-order valence-corrected chi connectivity index (χ2v) is 6.19.